The minimum atomic E-state index is 0.627. The minimum absolute atomic E-state index is 0.627. The number of hydrogen-bond donors (Lipinski definition) is 0. The van der Waals surface area contributed by atoms with E-state index in [2.05, 4.69) is 15.1 Å². The average Bonchev–Trinajstić information content (AvgIpc) is 3.08. The fourth-order valence-corrected chi connectivity index (χ4v) is 2.24. The Morgan fingerprint density at radius 2 is 2.19 bits per heavy atom. The van der Waals surface area contributed by atoms with E-state index < -0.39 is 0 Å². The van der Waals surface area contributed by atoms with Gasteiger partial charge in [-0.1, -0.05) is 0 Å². The van der Waals surface area contributed by atoms with Crippen molar-refractivity contribution >= 4 is 5.95 Å². The maximum Gasteiger partial charge on any atom is 0.226 e. The Labute approximate surface area is 123 Å². The quantitative estimate of drug-likeness (QED) is 0.736. The van der Waals surface area contributed by atoms with Crippen molar-refractivity contribution in [2.75, 3.05) is 11.9 Å². The number of aryl methyl sites for hydroxylation is 2. The van der Waals surface area contributed by atoms with Crippen molar-refractivity contribution in [3.63, 3.8) is 0 Å². The summed E-state index contributed by atoms with van der Waals surface area (Å²) in [4.78, 5) is 10.9. The molecule has 0 N–H and O–H groups in total. The molecular formula is C15H17N5O. The summed E-state index contributed by atoms with van der Waals surface area (Å²) < 4.78 is 7.14. The van der Waals surface area contributed by atoms with Gasteiger partial charge in [0, 0.05) is 32.1 Å². The zero-order valence-electron chi connectivity index (χ0n) is 12.3. The second-order valence-corrected chi connectivity index (χ2v) is 4.98. The maximum atomic E-state index is 5.35. The van der Waals surface area contributed by atoms with Crippen LogP contribution in [0.2, 0.25) is 0 Å². The molecule has 0 aliphatic heterocycles. The third-order valence-corrected chi connectivity index (χ3v) is 3.25. The van der Waals surface area contributed by atoms with Gasteiger partial charge in [-0.05, 0) is 25.1 Å². The first kappa shape index (κ1) is 13.4. The molecule has 0 aromatic carbocycles. The van der Waals surface area contributed by atoms with Gasteiger partial charge >= 0.3 is 0 Å². The Hall–Kier alpha value is -2.63. The number of rotatable bonds is 4. The van der Waals surface area contributed by atoms with Crippen molar-refractivity contribution in [3.05, 3.63) is 48.3 Å². The van der Waals surface area contributed by atoms with Crippen molar-refractivity contribution in [3.8, 4) is 11.3 Å². The summed E-state index contributed by atoms with van der Waals surface area (Å²) in [6.07, 6.45) is 5.40. The topological polar surface area (TPSA) is 60.0 Å². The molecule has 6 heteroatoms. The Morgan fingerprint density at radius 1 is 1.33 bits per heavy atom. The standard InChI is InChI=1S/C15H17N5O/c1-11-13(10-20(3)18-11)14-6-7-16-15(17-14)19(2)9-12-5-4-8-21-12/h4-8,10H,9H2,1-3H3. The van der Waals surface area contributed by atoms with Gasteiger partial charge in [-0.3, -0.25) is 4.68 Å². The largest absolute Gasteiger partial charge is 0.467 e. The van der Waals surface area contributed by atoms with E-state index in [0.29, 0.717) is 12.5 Å². The lowest BCUT2D eigenvalue weighted by Crippen LogP contribution is -2.18. The Bertz CT molecular complexity index is 732. The van der Waals surface area contributed by atoms with Gasteiger partial charge in [-0.25, -0.2) is 9.97 Å². The highest BCUT2D eigenvalue weighted by Gasteiger charge is 2.11. The number of hydrogen-bond acceptors (Lipinski definition) is 5. The average molecular weight is 283 g/mol. The molecule has 3 heterocycles. The van der Waals surface area contributed by atoms with Crippen molar-refractivity contribution in [2.24, 2.45) is 7.05 Å². The van der Waals surface area contributed by atoms with Crippen LogP contribution >= 0.6 is 0 Å². The molecule has 6 nitrogen and oxygen atoms in total. The molecule has 0 saturated heterocycles. The summed E-state index contributed by atoms with van der Waals surface area (Å²) in [6.45, 7) is 2.60. The predicted molar refractivity (Wildman–Crippen MR) is 79.8 cm³/mol. The summed E-state index contributed by atoms with van der Waals surface area (Å²) in [5.74, 6) is 1.54. The molecule has 0 bridgehead atoms. The Morgan fingerprint density at radius 3 is 2.86 bits per heavy atom. The zero-order valence-corrected chi connectivity index (χ0v) is 12.3. The zero-order chi connectivity index (χ0) is 14.8. The fourth-order valence-electron chi connectivity index (χ4n) is 2.24. The van der Waals surface area contributed by atoms with Gasteiger partial charge in [0.25, 0.3) is 0 Å². The predicted octanol–water partition coefficient (Wildman–Crippen LogP) is 2.41. The van der Waals surface area contributed by atoms with E-state index >= 15 is 0 Å². The molecule has 0 radical (unpaired) electrons. The van der Waals surface area contributed by atoms with Crippen LogP contribution in [0.3, 0.4) is 0 Å². The summed E-state index contributed by atoms with van der Waals surface area (Å²) in [6, 6.07) is 5.71. The van der Waals surface area contributed by atoms with E-state index in [1.165, 1.54) is 0 Å². The minimum Gasteiger partial charge on any atom is -0.467 e. The summed E-state index contributed by atoms with van der Waals surface area (Å²) >= 11 is 0. The molecule has 0 atom stereocenters. The highest BCUT2D eigenvalue weighted by atomic mass is 16.3. The lowest BCUT2D eigenvalue weighted by atomic mass is 10.2. The molecule has 3 rings (SSSR count). The Kier molecular flexibility index (Phi) is 3.43. The van der Waals surface area contributed by atoms with Gasteiger partial charge in [0.15, 0.2) is 0 Å². The van der Waals surface area contributed by atoms with Gasteiger partial charge in [0.2, 0.25) is 5.95 Å². The van der Waals surface area contributed by atoms with Crippen LogP contribution in [-0.4, -0.2) is 26.8 Å². The molecule has 0 aliphatic carbocycles. The van der Waals surface area contributed by atoms with Crippen molar-refractivity contribution < 1.29 is 4.42 Å². The second-order valence-electron chi connectivity index (χ2n) is 4.98. The van der Waals surface area contributed by atoms with Crippen molar-refractivity contribution in [2.45, 2.75) is 13.5 Å². The number of aromatic nitrogens is 4. The molecule has 0 aliphatic rings. The van der Waals surface area contributed by atoms with Gasteiger partial charge in [0.05, 0.1) is 24.2 Å². The molecule has 0 amide bonds. The molecule has 0 fully saturated rings. The van der Waals surface area contributed by atoms with Crippen LogP contribution in [0.5, 0.6) is 0 Å². The van der Waals surface area contributed by atoms with E-state index in [1.54, 1.807) is 17.1 Å². The van der Waals surface area contributed by atoms with Crippen LogP contribution < -0.4 is 4.90 Å². The van der Waals surface area contributed by atoms with E-state index in [4.69, 9.17) is 4.42 Å². The highest BCUT2D eigenvalue weighted by Crippen LogP contribution is 2.21. The first-order valence-electron chi connectivity index (χ1n) is 6.70. The molecule has 0 saturated carbocycles. The summed E-state index contributed by atoms with van der Waals surface area (Å²) in [5.41, 5.74) is 2.85. The van der Waals surface area contributed by atoms with Gasteiger partial charge in [0.1, 0.15) is 5.76 Å². The van der Waals surface area contributed by atoms with Crippen molar-refractivity contribution in [1.29, 1.82) is 0 Å². The third-order valence-electron chi connectivity index (χ3n) is 3.25. The van der Waals surface area contributed by atoms with Gasteiger partial charge in [-0.2, -0.15) is 5.10 Å². The summed E-state index contributed by atoms with van der Waals surface area (Å²) in [7, 11) is 3.85. The normalized spacial score (nSPS) is 10.8. The second kappa shape index (κ2) is 5.40. The molecule has 0 unspecified atom stereocenters. The number of nitrogens with zero attached hydrogens (tertiary/aromatic N) is 5. The number of furan rings is 1. The van der Waals surface area contributed by atoms with Crippen LogP contribution in [-0.2, 0) is 13.6 Å². The monoisotopic (exact) mass is 283 g/mol. The van der Waals surface area contributed by atoms with Crippen LogP contribution in [0.25, 0.3) is 11.3 Å². The third kappa shape index (κ3) is 2.79. The smallest absolute Gasteiger partial charge is 0.226 e. The lowest BCUT2D eigenvalue weighted by Gasteiger charge is -2.15. The van der Waals surface area contributed by atoms with E-state index in [0.717, 1.165) is 22.7 Å². The fraction of sp³-hybridized carbons (Fsp3) is 0.267. The van der Waals surface area contributed by atoms with Crippen LogP contribution in [0.15, 0.2) is 41.3 Å². The van der Waals surface area contributed by atoms with Crippen molar-refractivity contribution in [1.82, 2.24) is 19.7 Å². The van der Waals surface area contributed by atoms with Gasteiger partial charge in [-0.15, -0.1) is 0 Å². The van der Waals surface area contributed by atoms with E-state index in [-0.39, 0.29) is 0 Å². The molecule has 0 spiro atoms. The van der Waals surface area contributed by atoms with E-state index in [1.807, 2.05) is 50.3 Å². The SMILES string of the molecule is Cc1nn(C)cc1-c1ccnc(N(C)Cc2ccco2)n1. The molecule has 3 aromatic heterocycles. The molecule has 21 heavy (non-hydrogen) atoms. The molecule has 108 valence electrons. The first-order valence-corrected chi connectivity index (χ1v) is 6.70. The number of anilines is 1. The Balaban J connectivity index is 1.87. The van der Waals surface area contributed by atoms with Crippen LogP contribution in [0.4, 0.5) is 5.95 Å². The van der Waals surface area contributed by atoms with E-state index in [9.17, 15) is 0 Å². The van der Waals surface area contributed by atoms with Gasteiger partial charge < -0.3 is 9.32 Å². The molecular weight excluding hydrogens is 266 g/mol. The lowest BCUT2D eigenvalue weighted by molar-refractivity contribution is 0.506. The molecule has 3 aromatic rings. The summed E-state index contributed by atoms with van der Waals surface area (Å²) in [5, 5.41) is 4.35. The van der Waals surface area contributed by atoms with Crippen LogP contribution in [0, 0.1) is 6.92 Å². The first-order chi connectivity index (χ1) is 10.1. The van der Waals surface area contributed by atoms with Crippen LogP contribution in [0.1, 0.15) is 11.5 Å². The maximum absolute atomic E-state index is 5.35. The highest BCUT2D eigenvalue weighted by molar-refractivity contribution is 5.61.